The molecule has 0 bridgehead atoms. The van der Waals surface area contributed by atoms with Crippen LogP contribution < -0.4 is 24.4 Å². The SMILES string of the molecule is CCOC(=O)c1cnc2cc(OCCCn3ccnn3)c(OC)cc2c1N1CCN(C(=O)Nc2ccc(OC(C)C)cc2)CC1. The summed E-state index contributed by atoms with van der Waals surface area (Å²) in [5.74, 6) is 1.36. The highest BCUT2D eigenvalue weighted by Crippen LogP contribution is 2.38. The maximum absolute atomic E-state index is 13.1. The number of hydrogen-bond acceptors (Lipinski definition) is 10. The number of aromatic nitrogens is 4. The second-order valence-corrected chi connectivity index (χ2v) is 10.7. The monoisotopic (exact) mass is 617 g/mol. The van der Waals surface area contributed by atoms with E-state index in [2.05, 4.69) is 25.5 Å². The van der Waals surface area contributed by atoms with Gasteiger partial charge in [-0.2, -0.15) is 0 Å². The van der Waals surface area contributed by atoms with Gasteiger partial charge in [-0.15, -0.1) is 5.10 Å². The number of aryl methyl sites for hydroxylation is 1. The van der Waals surface area contributed by atoms with Crippen LogP contribution in [0.3, 0.4) is 0 Å². The lowest BCUT2D eigenvalue weighted by molar-refractivity contribution is 0.0526. The average Bonchev–Trinajstić information content (AvgIpc) is 3.57. The highest BCUT2D eigenvalue weighted by atomic mass is 16.5. The van der Waals surface area contributed by atoms with E-state index in [-0.39, 0.29) is 18.7 Å². The highest BCUT2D eigenvalue weighted by Gasteiger charge is 2.28. The minimum Gasteiger partial charge on any atom is -0.493 e. The number of nitrogens with one attached hydrogen (secondary N) is 1. The van der Waals surface area contributed by atoms with Gasteiger partial charge in [0.25, 0.3) is 0 Å². The summed E-state index contributed by atoms with van der Waals surface area (Å²) in [7, 11) is 1.58. The number of rotatable bonds is 12. The normalized spacial score (nSPS) is 13.2. The van der Waals surface area contributed by atoms with Crippen LogP contribution >= 0.6 is 0 Å². The number of pyridine rings is 1. The van der Waals surface area contributed by atoms with E-state index in [9.17, 15) is 9.59 Å². The maximum atomic E-state index is 13.1. The summed E-state index contributed by atoms with van der Waals surface area (Å²) in [6, 6.07) is 10.8. The van der Waals surface area contributed by atoms with E-state index in [0.717, 1.165) is 17.6 Å². The number of carbonyl (C=O) groups excluding carboxylic acids is 2. The van der Waals surface area contributed by atoms with Gasteiger partial charge in [0.15, 0.2) is 11.5 Å². The van der Waals surface area contributed by atoms with Crippen LogP contribution in [0.2, 0.25) is 0 Å². The minimum atomic E-state index is -0.459. The molecular formula is C32H39N7O6. The number of esters is 1. The van der Waals surface area contributed by atoms with Crippen molar-refractivity contribution in [2.75, 3.05) is 56.7 Å². The number of ether oxygens (including phenoxy) is 4. The molecule has 2 amide bonds. The van der Waals surface area contributed by atoms with E-state index in [1.807, 2.05) is 50.2 Å². The van der Waals surface area contributed by atoms with Crippen molar-refractivity contribution in [2.45, 2.75) is 39.8 Å². The number of hydrogen-bond donors (Lipinski definition) is 1. The Morgan fingerprint density at radius 2 is 1.82 bits per heavy atom. The molecule has 1 aliphatic heterocycles. The smallest absolute Gasteiger partial charge is 0.341 e. The zero-order valence-corrected chi connectivity index (χ0v) is 26.1. The quantitative estimate of drug-likeness (QED) is 0.177. The third kappa shape index (κ3) is 7.72. The Morgan fingerprint density at radius 1 is 1.04 bits per heavy atom. The van der Waals surface area contributed by atoms with E-state index in [0.29, 0.717) is 73.3 Å². The Hall–Kier alpha value is -5.07. The van der Waals surface area contributed by atoms with Crippen LogP contribution in [0.25, 0.3) is 10.9 Å². The lowest BCUT2D eigenvalue weighted by Crippen LogP contribution is -2.50. The van der Waals surface area contributed by atoms with Gasteiger partial charge in [-0.05, 0) is 51.1 Å². The average molecular weight is 618 g/mol. The predicted octanol–water partition coefficient (Wildman–Crippen LogP) is 4.62. The second-order valence-electron chi connectivity index (χ2n) is 10.7. The zero-order valence-electron chi connectivity index (χ0n) is 26.1. The number of fused-ring (bicyclic) bond motifs is 1. The van der Waals surface area contributed by atoms with Gasteiger partial charge in [0, 0.05) is 68.7 Å². The van der Waals surface area contributed by atoms with Gasteiger partial charge in [0.1, 0.15) is 11.3 Å². The number of anilines is 2. The second kappa shape index (κ2) is 14.6. The van der Waals surface area contributed by atoms with Gasteiger partial charge in [-0.3, -0.25) is 9.67 Å². The first-order chi connectivity index (χ1) is 21.9. The van der Waals surface area contributed by atoms with Gasteiger partial charge in [-0.1, -0.05) is 5.21 Å². The number of piperazine rings is 1. The molecule has 0 aliphatic carbocycles. The number of amides is 2. The molecule has 1 fully saturated rings. The molecule has 0 atom stereocenters. The van der Waals surface area contributed by atoms with Crippen LogP contribution in [-0.4, -0.2) is 89.5 Å². The van der Waals surface area contributed by atoms with Crippen LogP contribution in [-0.2, 0) is 11.3 Å². The Morgan fingerprint density at radius 3 is 2.49 bits per heavy atom. The summed E-state index contributed by atoms with van der Waals surface area (Å²) in [5.41, 5.74) is 2.38. The summed E-state index contributed by atoms with van der Waals surface area (Å²) >= 11 is 0. The fraction of sp³-hybridized carbons (Fsp3) is 0.406. The number of methoxy groups -OCH3 is 1. The zero-order chi connectivity index (χ0) is 31.8. The molecule has 1 aliphatic rings. The standard InChI is InChI=1S/C32H39N7O6/c1-5-43-31(40)26-21-33-27-20-29(44-18-6-12-39-13-11-34-36-39)28(42-4)19-25(27)30(26)37-14-16-38(17-15-37)32(41)35-23-7-9-24(10-8-23)45-22(2)3/h7-11,13,19-22H,5-6,12,14-18H2,1-4H3,(H,35,41). The summed E-state index contributed by atoms with van der Waals surface area (Å²) in [6.07, 6.45) is 5.78. The molecule has 0 spiro atoms. The molecule has 2 aromatic carbocycles. The lowest BCUT2D eigenvalue weighted by Gasteiger charge is -2.37. The fourth-order valence-electron chi connectivity index (χ4n) is 5.14. The first kappa shape index (κ1) is 31.4. The molecule has 45 heavy (non-hydrogen) atoms. The molecule has 4 aromatic rings. The first-order valence-electron chi connectivity index (χ1n) is 15.1. The Kier molecular flexibility index (Phi) is 10.2. The fourth-order valence-corrected chi connectivity index (χ4v) is 5.14. The molecule has 0 saturated carbocycles. The van der Waals surface area contributed by atoms with E-state index in [4.69, 9.17) is 18.9 Å². The van der Waals surface area contributed by atoms with Crippen molar-refractivity contribution in [2.24, 2.45) is 0 Å². The van der Waals surface area contributed by atoms with Gasteiger partial charge < -0.3 is 34.1 Å². The van der Waals surface area contributed by atoms with Gasteiger partial charge in [0.2, 0.25) is 0 Å². The number of carbonyl (C=O) groups is 2. The van der Waals surface area contributed by atoms with E-state index >= 15 is 0 Å². The molecule has 238 valence electrons. The van der Waals surface area contributed by atoms with Crippen LogP contribution in [0.4, 0.5) is 16.2 Å². The van der Waals surface area contributed by atoms with Crippen molar-refractivity contribution >= 4 is 34.3 Å². The van der Waals surface area contributed by atoms with Crippen LogP contribution in [0.1, 0.15) is 37.6 Å². The topological polar surface area (TPSA) is 133 Å². The Labute approximate surface area is 262 Å². The minimum absolute atomic E-state index is 0.0710. The highest BCUT2D eigenvalue weighted by molar-refractivity contribution is 6.06. The summed E-state index contributed by atoms with van der Waals surface area (Å²) in [5, 5.41) is 11.5. The summed E-state index contributed by atoms with van der Waals surface area (Å²) < 4.78 is 24.6. The van der Waals surface area contributed by atoms with Crippen molar-refractivity contribution in [3.8, 4) is 17.2 Å². The van der Waals surface area contributed by atoms with E-state index in [1.54, 1.807) is 42.2 Å². The third-order valence-corrected chi connectivity index (χ3v) is 7.24. The third-order valence-electron chi connectivity index (χ3n) is 7.24. The van der Waals surface area contributed by atoms with Crippen molar-refractivity contribution in [3.05, 3.63) is 60.6 Å². The Balaban J connectivity index is 1.32. The van der Waals surface area contributed by atoms with Crippen molar-refractivity contribution in [3.63, 3.8) is 0 Å². The molecule has 13 nitrogen and oxygen atoms in total. The lowest BCUT2D eigenvalue weighted by atomic mass is 10.1. The number of nitrogens with zero attached hydrogens (tertiary/aromatic N) is 6. The van der Waals surface area contributed by atoms with Crippen molar-refractivity contribution in [1.29, 1.82) is 0 Å². The summed E-state index contributed by atoms with van der Waals surface area (Å²) in [4.78, 5) is 34.6. The van der Waals surface area contributed by atoms with Crippen molar-refractivity contribution in [1.82, 2.24) is 24.9 Å². The molecule has 3 heterocycles. The number of urea groups is 1. The molecule has 13 heteroatoms. The molecule has 1 saturated heterocycles. The largest absolute Gasteiger partial charge is 0.493 e. The molecule has 0 unspecified atom stereocenters. The van der Waals surface area contributed by atoms with E-state index in [1.165, 1.54) is 0 Å². The molecule has 0 radical (unpaired) electrons. The van der Waals surface area contributed by atoms with Gasteiger partial charge in [-0.25, -0.2) is 9.59 Å². The molecule has 5 rings (SSSR count). The van der Waals surface area contributed by atoms with Crippen molar-refractivity contribution < 1.29 is 28.5 Å². The van der Waals surface area contributed by atoms with Crippen LogP contribution in [0.5, 0.6) is 17.2 Å². The first-order valence-corrected chi connectivity index (χ1v) is 15.1. The Bertz CT molecular complexity index is 1590. The molecule has 1 N–H and O–H groups in total. The van der Waals surface area contributed by atoms with Gasteiger partial charge >= 0.3 is 12.0 Å². The van der Waals surface area contributed by atoms with Gasteiger partial charge in [0.05, 0.1) is 43.8 Å². The van der Waals surface area contributed by atoms with Crippen LogP contribution in [0, 0.1) is 0 Å². The maximum Gasteiger partial charge on any atom is 0.341 e. The summed E-state index contributed by atoms with van der Waals surface area (Å²) in [6.45, 7) is 8.96. The molecular weight excluding hydrogens is 578 g/mol. The van der Waals surface area contributed by atoms with Crippen LogP contribution in [0.15, 0.2) is 55.0 Å². The number of benzene rings is 2. The molecule has 2 aromatic heterocycles. The van der Waals surface area contributed by atoms with E-state index < -0.39 is 5.97 Å². The predicted molar refractivity (Wildman–Crippen MR) is 169 cm³/mol.